The van der Waals surface area contributed by atoms with Crippen LogP contribution in [-0.2, 0) is 65.4 Å². The van der Waals surface area contributed by atoms with Gasteiger partial charge in [-0.15, -0.1) is 0 Å². The molecule has 0 saturated carbocycles. The molecule has 5 atom stereocenters. The number of phosphoric acid groups is 2. The van der Waals surface area contributed by atoms with Crippen molar-refractivity contribution in [3.8, 4) is 0 Å². The fourth-order valence-corrected chi connectivity index (χ4v) is 11.7. The van der Waals surface area contributed by atoms with E-state index in [1.807, 2.05) is 0 Å². The number of phosphoric ester groups is 2. The molecule has 0 aromatic carbocycles. The summed E-state index contributed by atoms with van der Waals surface area (Å²) < 4.78 is 68.4. The Kier molecular flexibility index (Phi) is 67.0. The van der Waals surface area contributed by atoms with E-state index in [1.54, 1.807) is 0 Å². The maximum atomic E-state index is 13.1. The molecule has 0 aliphatic heterocycles. The van der Waals surface area contributed by atoms with Crippen LogP contribution in [0.25, 0.3) is 0 Å². The van der Waals surface area contributed by atoms with Crippen LogP contribution in [0.15, 0.2) is 85.1 Å². The predicted molar refractivity (Wildman–Crippen MR) is 390 cm³/mol. The molecule has 0 spiro atoms. The smallest absolute Gasteiger partial charge is 0.462 e. The Balaban J connectivity index is 5.32. The minimum Gasteiger partial charge on any atom is -0.462 e. The largest absolute Gasteiger partial charge is 0.472 e. The summed E-state index contributed by atoms with van der Waals surface area (Å²) >= 11 is 0. The van der Waals surface area contributed by atoms with Crippen LogP contribution in [0.4, 0.5) is 0 Å². The zero-order valence-corrected chi connectivity index (χ0v) is 62.3. The van der Waals surface area contributed by atoms with E-state index in [0.29, 0.717) is 25.7 Å². The predicted octanol–water partition coefficient (Wildman–Crippen LogP) is 21.4. The number of carbonyl (C=O) groups is 4. The Morgan fingerprint density at radius 2 is 0.542 bits per heavy atom. The van der Waals surface area contributed by atoms with E-state index in [1.165, 1.54) is 89.9 Å². The average Bonchev–Trinajstić information content (AvgIpc) is 1.17. The molecule has 19 heteroatoms. The lowest BCUT2D eigenvalue weighted by atomic mass is 10.0. The molecular formula is C77H136O17P2. The first kappa shape index (κ1) is 92.2. The number of unbranched alkanes of at least 4 members (excludes halogenated alkanes) is 31. The Morgan fingerprint density at radius 1 is 0.302 bits per heavy atom. The van der Waals surface area contributed by atoms with Gasteiger partial charge in [-0.3, -0.25) is 37.3 Å². The Bertz CT molecular complexity index is 2160. The van der Waals surface area contributed by atoms with Crippen molar-refractivity contribution in [3.63, 3.8) is 0 Å². The summed E-state index contributed by atoms with van der Waals surface area (Å²) in [6.45, 7) is 4.63. The van der Waals surface area contributed by atoms with Crippen LogP contribution in [0.2, 0.25) is 0 Å². The SMILES string of the molecule is CC/C=C\C/C=C\C/C=C\C/C=C\CCCCCCC(=O)OCC(COP(=O)(O)OCC(O)COP(=O)(O)OCC(COC(=O)CCCCCCC/C=C\C/C=C\C/C=C\CC)OC(=O)CCCCCCCCCCCCC)OC(=O)CCCCCCCCCCCCCCC. The molecule has 96 heavy (non-hydrogen) atoms. The van der Waals surface area contributed by atoms with Crippen molar-refractivity contribution in [2.45, 2.75) is 341 Å². The second-order valence-corrected chi connectivity index (χ2v) is 28.1. The van der Waals surface area contributed by atoms with Crippen molar-refractivity contribution in [1.82, 2.24) is 0 Å². The molecule has 0 saturated heterocycles. The molecule has 0 aliphatic carbocycles. The maximum Gasteiger partial charge on any atom is 0.472 e. The second-order valence-electron chi connectivity index (χ2n) is 25.2. The monoisotopic (exact) mass is 1390 g/mol. The van der Waals surface area contributed by atoms with Crippen molar-refractivity contribution in [1.29, 1.82) is 0 Å². The number of aliphatic hydroxyl groups is 1. The summed E-state index contributed by atoms with van der Waals surface area (Å²) in [5.74, 6) is -2.20. The van der Waals surface area contributed by atoms with Gasteiger partial charge in [-0.1, -0.05) is 286 Å². The third-order valence-electron chi connectivity index (χ3n) is 15.9. The van der Waals surface area contributed by atoms with Gasteiger partial charge in [0, 0.05) is 25.7 Å². The van der Waals surface area contributed by atoms with Gasteiger partial charge in [-0.25, -0.2) is 9.13 Å². The number of ether oxygens (including phenoxy) is 4. The molecule has 556 valence electrons. The molecule has 17 nitrogen and oxygen atoms in total. The highest BCUT2D eigenvalue weighted by molar-refractivity contribution is 7.47. The molecule has 0 radical (unpaired) electrons. The second kappa shape index (κ2) is 69.7. The zero-order valence-electron chi connectivity index (χ0n) is 60.5. The molecule has 3 N–H and O–H groups in total. The van der Waals surface area contributed by atoms with Gasteiger partial charge in [0.25, 0.3) is 0 Å². The highest BCUT2D eigenvalue weighted by atomic mass is 31.2. The summed E-state index contributed by atoms with van der Waals surface area (Å²) in [6.07, 6.45) is 70.0. The molecule has 0 bridgehead atoms. The van der Waals surface area contributed by atoms with E-state index in [-0.39, 0.29) is 25.7 Å². The van der Waals surface area contributed by atoms with Gasteiger partial charge in [-0.05, 0) is 96.3 Å². The minimum absolute atomic E-state index is 0.0933. The van der Waals surface area contributed by atoms with Crippen LogP contribution in [-0.4, -0.2) is 96.7 Å². The lowest BCUT2D eigenvalue weighted by Crippen LogP contribution is -2.30. The first-order valence-corrected chi connectivity index (χ1v) is 40.8. The van der Waals surface area contributed by atoms with E-state index in [0.717, 1.165) is 154 Å². The number of hydrogen-bond acceptors (Lipinski definition) is 15. The third kappa shape index (κ3) is 68.8. The summed E-state index contributed by atoms with van der Waals surface area (Å²) in [5.41, 5.74) is 0. The summed E-state index contributed by atoms with van der Waals surface area (Å²) in [6, 6.07) is 0. The highest BCUT2D eigenvalue weighted by Crippen LogP contribution is 2.45. The lowest BCUT2D eigenvalue weighted by Gasteiger charge is -2.21. The Labute approximate surface area is 583 Å². The molecule has 0 aromatic heterocycles. The number of carbonyl (C=O) groups excluding carboxylic acids is 4. The van der Waals surface area contributed by atoms with E-state index in [2.05, 4.69) is 113 Å². The van der Waals surface area contributed by atoms with Crippen LogP contribution >= 0.6 is 15.6 Å². The van der Waals surface area contributed by atoms with Crippen molar-refractivity contribution in [2.24, 2.45) is 0 Å². The molecule has 5 unspecified atom stereocenters. The number of hydrogen-bond donors (Lipinski definition) is 3. The van der Waals surface area contributed by atoms with Crippen molar-refractivity contribution in [2.75, 3.05) is 39.6 Å². The summed E-state index contributed by atoms with van der Waals surface area (Å²) in [4.78, 5) is 72.8. The van der Waals surface area contributed by atoms with Gasteiger partial charge in [0.05, 0.1) is 26.4 Å². The zero-order chi connectivity index (χ0) is 70.4. The van der Waals surface area contributed by atoms with E-state index in [4.69, 9.17) is 37.0 Å². The fraction of sp³-hybridized carbons (Fsp3) is 0.766. The Morgan fingerprint density at radius 3 is 0.833 bits per heavy atom. The van der Waals surface area contributed by atoms with Gasteiger partial charge < -0.3 is 33.8 Å². The van der Waals surface area contributed by atoms with Crippen molar-refractivity contribution < 1.29 is 80.2 Å². The van der Waals surface area contributed by atoms with Crippen LogP contribution in [0.5, 0.6) is 0 Å². The average molecular weight is 1400 g/mol. The van der Waals surface area contributed by atoms with Gasteiger partial charge in [0.2, 0.25) is 0 Å². The maximum absolute atomic E-state index is 13.1. The van der Waals surface area contributed by atoms with Gasteiger partial charge >= 0.3 is 39.5 Å². The molecule has 0 aromatic rings. The molecular weight excluding hydrogens is 1260 g/mol. The number of esters is 4. The minimum atomic E-state index is -4.97. The standard InChI is InChI=1S/C77H136O17P2/c1-5-9-13-17-21-25-29-32-34-35-37-40-43-46-50-54-58-62-75(80)88-68-73(94-77(82)64-60-56-52-48-44-38-31-27-23-19-15-11-7-3)70-92-96(85,86)90-66-71(78)65-89-95(83,84)91-69-72(93-76(81)63-59-55-51-47-41-28-24-20-16-12-8-4)67-87-74(79)61-57-53-49-45-42-39-36-33-30-26-22-18-14-10-6-2/h9-10,13-14,21-22,25-26,32-34,36-37,40,71-73,78H,5-8,11-12,15-20,23-24,27-31,35,38-39,41-70H2,1-4H3,(H,83,84)(H,85,86)/b13-9-,14-10-,25-21-,26-22-,34-32-,36-33-,40-37-. The molecule has 0 heterocycles. The first-order chi connectivity index (χ1) is 46.7. The van der Waals surface area contributed by atoms with Gasteiger partial charge in [0.1, 0.15) is 19.3 Å². The summed E-state index contributed by atoms with van der Waals surface area (Å²) in [7, 11) is -9.94. The van der Waals surface area contributed by atoms with Gasteiger partial charge in [-0.2, -0.15) is 0 Å². The number of allylic oxidation sites excluding steroid dienone is 14. The van der Waals surface area contributed by atoms with Crippen LogP contribution in [0.1, 0.15) is 323 Å². The van der Waals surface area contributed by atoms with Crippen LogP contribution in [0, 0.1) is 0 Å². The van der Waals surface area contributed by atoms with Crippen LogP contribution in [0.3, 0.4) is 0 Å². The number of aliphatic hydroxyl groups excluding tert-OH is 1. The highest BCUT2D eigenvalue weighted by Gasteiger charge is 2.30. The topological polar surface area (TPSA) is 237 Å². The first-order valence-electron chi connectivity index (χ1n) is 37.8. The van der Waals surface area contributed by atoms with E-state index in [9.17, 15) is 43.2 Å². The molecule has 0 rings (SSSR count). The van der Waals surface area contributed by atoms with E-state index >= 15 is 0 Å². The normalized spacial score (nSPS) is 14.4. The Hall–Kier alpha value is -3.76. The van der Waals surface area contributed by atoms with Crippen LogP contribution < -0.4 is 0 Å². The number of rotatable bonds is 71. The molecule has 0 fully saturated rings. The van der Waals surface area contributed by atoms with Crippen molar-refractivity contribution >= 4 is 39.5 Å². The fourth-order valence-electron chi connectivity index (χ4n) is 10.2. The summed E-state index contributed by atoms with van der Waals surface area (Å²) in [5, 5.41) is 10.6. The van der Waals surface area contributed by atoms with Gasteiger partial charge in [0.15, 0.2) is 12.2 Å². The molecule has 0 amide bonds. The van der Waals surface area contributed by atoms with E-state index < -0.39 is 97.5 Å². The van der Waals surface area contributed by atoms with Crippen molar-refractivity contribution in [3.05, 3.63) is 85.1 Å². The lowest BCUT2D eigenvalue weighted by molar-refractivity contribution is -0.161. The quantitative estimate of drug-likeness (QED) is 0.0169. The third-order valence-corrected chi connectivity index (χ3v) is 17.8. The molecule has 0 aliphatic rings.